The maximum absolute atomic E-state index is 12.5. The van der Waals surface area contributed by atoms with Crippen LogP contribution in [0.25, 0.3) is 0 Å². The summed E-state index contributed by atoms with van der Waals surface area (Å²) in [6.45, 7) is 4.69. The van der Waals surface area contributed by atoms with Gasteiger partial charge < -0.3 is 4.90 Å². The van der Waals surface area contributed by atoms with Crippen molar-refractivity contribution >= 4 is 21.6 Å². The summed E-state index contributed by atoms with van der Waals surface area (Å²) in [6.07, 6.45) is 0.792. The van der Waals surface area contributed by atoms with Gasteiger partial charge in [-0.2, -0.15) is 0 Å². The van der Waals surface area contributed by atoms with E-state index in [1.807, 2.05) is 19.1 Å². The van der Waals surface area contributed by atoms with Crippen molar-refractivity contribution in [3.8, 4) is 0 Å². The van der Waals surface area contributed by atoms with Crippen molar-refractivity contribution < 1.29 is 13.2 Å². The maximum atomic E-state index is 12.5. The Morgan fingerprint density at radius 2 is 1.79 bits per heavy atom. The van der Waals surface area contributed by atoms with Crippen molar-refractivity contribution in [2.45, 2.75) is 31.7 Å². The third-order valence-electron chi connectivity index (χ3n) is 4.25. The van der Waals surface area contributed by atoms with Crippen LogP contribution in [0.2, 0.25) is 0 Å². The van der Waals surface area contributed by atoms with Gasteiger partial charge in [0.1, 0.15) is 0 Å². The molecule has 1 aliphatic rings. The number of hydrogen-bond acceptors (Lipinski definition) is 3. The van der Waals surface area contributed by atoms with E-state index in [2.05, 4.69) is 4.72 Å². The molecule has 126 valence electrons. The van der Waals surface area contributed by atoms with E-state index in [-0.39, 0.29) is 10.8 Å². The number of benzene rings is 2. The van der Waals surface area contributed by atoms with Gasteiger partial charge in [-0.15, -0.1) is 0 Å². The zero-order valence-corrected chi connectivity index (χ0v) is 14.6. The maximum Gasteiger partial charge on any atom is 0.261 e. The monoisotopic (exact) mass is 344 g/mol. The molecule has 2 aromatic rings. The van der Waals surface area contributed by atoms with Crippen molar-refractivity contribution in [1.82, 2.24) is 4.90 Å². The van der Waals surface area contributed by atoms with E-state index in [4.69, 9.17) is 0 Å². The molecule has 1 aliphatic heterocycles. The van der Waals surface area contributed by atoms with E-state index in [9.17, 15) is 13.2 Å². The van der Waals surface area contributed by atoms with Crippen LogP contribution in [-0.2, 0) is 27.8 Å². The lowest BCUT2D eigenvalue weighted by Gasteiger charge is -2.28. The summed E-state index contributed by atoms with van der Waals surface area (Å²) >= 11 is 0. The first-order valence-corrected chi connectivity index (χ1v) is 9.30. The minimum atomic E-state index is -3.62. The van der Waals surface area contributed by atoms with Crippen molar-refractivity contribution in [3.63, 3.8) is 0 Å². The number of nitrogens with zero attached hydrogens (tertiary/aromatic N) is 1. The number of sulfonamides is 1. The molecule has 6 heteroatoms. The van der Waals surface area contributed by atoms with Gasteiger partial charge in [0.25, 0.3) is 10.0 Å². The van der Waals surface area contributed by atoms with Gasteiger partial charge in [-0.05, 0) is 48.7 Å². The fraction of sp³-hybridized carbons (Fsp3) is 0.278. The molecule has 0 aliphatic carbocycles. The number of rotatable bonds is 3. The lowest BCUT2D eigenvalue weighted by molar-refractivity contribution is -0.129. The molecule has 0 aromatic heterocycles. The van der Waals surface area contributed by atoms with Gasteiger partial charge in [0.15, 0.2) is 0 Å². The smallest absolute Gasteiger partial charge is 0.261 e. The molecule has 1 heterocycles. The van der Waals surface area contributed by atoms with E-state index >= 15 is 0 Å². The van der Waals surface area contributed by atoms with Gasteiger partial charge in [-0.1, -0.05) is 23.8 Å². The third kappa shape index (κ3) is 3.43. The number of aryl methyl sites for hydroxylation is 1. The topological polar surface area (TPSA) is 66.5 Å². The highest BCUT2D eigenvalue weighted by Crippen LogP contribution is 2.24. The number of hydrogen-bond donors (Lipinski definition) is 1. The molecule has 0 atom stereocenters. The first-order valence-electron chi connectivity index (χ1n) is 7.82. The van der Waals surface area contributed by atoms with Crippen LogP contribution in [0, 0.1) is 6.92 Å². The number of carbonyl (C=O) groups excluding carboxylic acids is 1. The molecular formula is C18H20N2O3S. The van der Waals surface area contributed by atoms with Gasteiger partial charge in [-0.25, -0.2) is 8.42 Å². The molecule has 0 unspecified atom stereocenters. The molecule has 1 amide bonds. The standard InChI is InChI=1S/C18H20N2O3S/c1-13-3-7-18(8-4-13)24(22,23)19-17-6-5-15-9-10-20(14(2)21)12-16(15)11-17/h3-8,11,19H,9-10,12H2,1-2H3. The largest absolute Gasteiger partial charge is 0.338 e. The first-order chi connectivity index (χ1) is 11.3. The molecule has 24 heavy (non-hydrogen) atoms. The van der Waals surface area contributed by atoms with Crippen LogP contribution < -0.4 is 4.72 Å². The molecular weight excluding hydrogens is 324 g/mol. The summed E-state index contributed by atoms with van der Waals surface area (Å²) in [5.41, 5.74) is 3.66. The predicted molar refractivity (Wildman–Crippen MR) is 93.2 cm³/mol. The van der Waals surface area contributed by atoms with Crippen molar-refractivity contribution in [1.29, 1.82) is 0 Å². The van der Waals surface area contributed by atoms with E-state index < -0.39 is 10.0 Å². The highest BCUT2D eigenvalue weighted by molar-refractivity contribution is 7.92. The Morgan fingerprint density at radius 1 is 1.08 bits per heavy atom. The minimum absolute atomic E-state index is 0.0336. The fourth-order valence-electron chi connectivity index (χ4n) is 2.82. The van der Waals surface area contributed by atoms with Gasteiger partial charge in [-0.3, -0.25) is 9.52 Å². The van der Waals surface area contributed by atoms with Gasteiger partial charge >= 0.3 is 0 Å². The van der Waals surface area contributed by atoms with E-state index in [0.717, 1.165) is 23.1 Å². The molecule has 0 saturated heterocycles. The number of anilines is 1. The van der Waals surface area contributed by atoms with Crippen molar-refractivity contribution in [3.05, 3.63) is 59.2 Å². The van der Waals surface area contributed by atoms with Crippen LogP contribution in [-0.4, -0.2) is 25.8 Å². The number of carbonyl (C=O) groups is 1. The lowest BCUT2D eigenvalue weighted by Crippen LogP contribution is -2.34. The van der Waals surface area contributed by atoms with Gasteiger partial charge in [0.2, 0.25) is 5.91 Å². The summed E-state index contributed by atoms with van der Waals surface area (Å²) in [5.74, 6) is 0.0336. The average molecular weight is 344 g/mol. The Bertz CT molecular complexity index is 874. The average Bonchev–Trinajstić information content (AvgIpc) is 2.54. The number of fused-ring (bicyclic) bond motifs is 1. The normalized spacial score (nSPS) is 14.2. The molecule has 5 nitrogen and oxygen atoms in total. The van der Waals surface area contributed by atoms with E-state index in [1.54, 1.807) is 42.2 Å². The SMILES string of the molecule is CC(=O)N1CCc2ccc(NS(=O)(=O)c3ccc(C)cc3)cc2C1. The number of amides is 1. The summed E-state index contributed by atoms with van der Waals surface area (Å²) in [7, 11) is -3.62. The Hall–Kier alpha value is -2.34. The predicted octanol–water partition coefficient (Wildman–Crippen LogP) is 2.70. The zero-order valence-electron chi connectivity index (χ0n) is 13.7. The van der Waals surface area contributed by atoms with Gasteiger partial charge in [0, 0.05) is 25.7 Å². The lowest BCUT2D eigenvalue weighted by atomic mass is 9.99. The highest BCUT2D eigenvalue weighted by atomic mass is 32.2. The number of nitrogens with one attached hydrogen (secondary N) is 1. The molecule has 3 rings (SSSR count). The Balaban J connectivity index is 1.85. The Labute approximate surface area is 142 Å². The summed E-state index contributed by atoms with van der Waals surface area (Å²) in [4.78, 5) is 13.5. The minimum Gasteiger partial charge on any atom is -0.338 e. The molecule has 0 spiro atoms. The second-order valence-electron chi connectivity index (χ2n) is 6.09. The summed E-state index contributed by atoms with van der Waals surface area (Å²) in [5, 5.41) is 0. The molecule has 0 saturated carbocycles. The van der Waals surface area contributed by atoms with Crippen LogP contribution in [0.15, 0.2) is 47.4 Å². The second kappa shape index (κ2) is 6.28. The second-order valence-corrected chi connectivity index (χ2v) is 7.78. The van der Waals surface area contributed by atoms with Crippen LogP contribution in [0.3, 0.4) is 0 Å². The summed E-state index contributed by atoms with van der Waals surface area (Å²) < 4.78 is 27.6. The first kappa shape index (κ1) is 16.5. The molecule has 0 radical (unpaired) electrons. The molecule has 1 N–H and O–H groups in total. The quantitative estimate of drug-likeness (QED) is 0.931. The van der Waals surface area contributed by atoms with Crippen LogP contribution in [0.4, 0.5) is 5.69 Å². The Morgan fingerprint density at radius 3 is 2.46 bits per heavy atom. The van der Waals surface area contributed by atoms with Gasteiger partial charge in [0.05, 0.1) is 4.90 Å². The van der Waals surface area contributed by atoms with Crippen LogP contribution >= 0.6 is 0 Å². The highest BCUT2D eigenvalue weighted by Gasteiger charge is 2.20. The molecule has 2 aromatic carbocycles. The fourth-order valence-corrected chi connectivity index (χ4v) is 3.87. The van der Waals surface area contributed by atoms with E-state index in [1.165, 1.54) is 0 Å². The van der Waals surface area contributed by atoms with E-state index in [0.29, 0.717) is 18.8 Å². The Kier molecular flexibility index (Phi) is 4.32. The molecule has 0 fully saturated rings. The molecule has 0 bridgehead atoms. The summed E-state index contributed by atoms with van der Waals surface area (Å²) in [6, 6.07) is 12.2. The van der Waals surface area contributed by atoms with Crippen LogP contribution in [0.5, 0.6) is 0 Å². The van der Waals surface area contributed by atoms with Crippen molar-refractivity contribution in [2.24, 2.45) is 0 Å². The zero-order chi connectivity index (χ0) is 17.3. The van der Waals surface area contributed by atoms with Crippen molar-refractivity contribution in [2.75, 3.05) is 11.3 Å². The third-order valence-corrected chi connectivity index (χ3v) is 5.64. The van der Waals surface area contributed by atoms with Crippen LogP contribution in [0.1, 0.15) is 23.6 Å².